The van der Waals surface area contributed by atoms with Crippen LogP contribution in [0.3, 0.4) is 0 Å². The van der Waals surface area contributed by atoms with Crippen molar-refractivity contribution < 1.29 is 29.0 Å². The van der Waals surface area contributed by atoms with Crippen LogP contribution in [0.5, 0.6) is 0 Å². The van der Waals surface area contributed by atoms with Crippen LogP contribution in [0, 0.1) is 0 Å². The van der Waals surface area contributed by atoms with E-state index in [9.17, 15) is 13.7 Å². The van der Waals surface area contributed by atoms with Crippen LogP contribution >= 0.6 is 18.0 Å². The van der Waals surface area contributed by atoms with Gasteiger partial charge in [-0.3, -0.25) is 0 Å². The third kappa shape index (κ3) is 4.60. The monoisotopic (exact) mass is 481 g/mol. The van der Waals surface area contributed by atoms with Crippen molar-refractivity contribution in [2.45, 2.75) is 0 Å². The predicted octanol–water partition coefficient (Wildman–Crippen LogP) is 4.01. The van der Waals surface area contributed by atoms with Crippen LogP contribution in [0.1, 0.15) is 0 Å². The van der Waals surface area contributed by atoms with Crippen LogP contribution in [-0.4, -0.2) is 0 Å². The first-order chi connectivity index (χ1) is 12.2. The maximum absolute atomic E-state index is 13.3. The zero-order valence-corrected chi connectivity index (χ0v) is 17.8. The third-order valence-electron chi connectivity index (χ3n) is 3.38. The molecule has 3 nitrogen and oxygen atoms in total. The summed E-state index contributed by atoms with van der Waals surface area (Å²) in [6, 6.07) is 27.2. The summed E-state index contributed by atoms with van der Waals surface area (Å²) in [5.41, 5.74) is 0. The molecule has 7 heteroatoms. The molecular formula is C18H18O3P3Pd. The first kappa shape index (κ1) is 18.8. The van der Waals surface area contributed by atoms with Crippen molar-refractivity contribution in [3.05, 3.63) is 91.0 Å². The Labute approximate surface area is 153 Å². The van der Waals surface area contributed by atoms with Gasteiger partial charge in [-0.15, -0.1) is 0 Å². The third-order valence-corrected chi connectivity index (χ3v) is 32.2. The molecule has 0 N–H and O–H groups in total. The quantitative estimate of drug-likeness (QED) is 0.395. The second-order valence-electron chi connectivity index (χ2n) is 5.07. The fraction of sp³-hybridized carbons (Fsp3) is 0. The van der Waals surface area contributed by atoms with Gasteiger partial charge in [-0.1, -0.05) is 0 Å². The van der Waals surface area contributed by atoms with Gasteiger partial charge in [-0.25, -0.2) is 0 Å². The van der Waals surface area contributed by atoms with Crippen LogP contribution in [0.15, 0.2) is 91.0 Å². The summed E-state index contributed by atoms with van der Waals surface area (Å²) in [6.45, 7) is 0. The number of hydrogen-bond donors (Lipinski definition) is 0. The van der Waals surface area contributed by atoms with Crippen molar-refractivity contribution >= 4 is 33.9 Å². The van der Waals surface area contributed by atoms with Gasteiger partial charge in [0.2, 0.25) is 0 Å². The van der Waals surface area contributed by atoms with Gasteiger partial charge in [0.1, 0.15) is 0 Å². The van der Waals surface area contributed by atoms with E-state index in [1.54, 1.807) is 36.4 Å². The summed E-state index contributed by atoms with van der Waals surface area (Å²) in [5.74, 6) is -7.10. The Morgan fingerprint density at radius 2 is 0.680 bits per heavy atom. The van der Waals surface area contributed by atoms with Crippen molar-refractivity contribution in [2.24, 2.45) is 0 Å². The molecule has 0 spiro atoms. The number of hydrogen-bond acceptors (Lipinski definition) is 3. The summed E-state index contributed by atoms with van der Waals surface area (Å²) < 4.78 is 39.8. The van der Waals surface area contributed by atoms with Gasteiger partial charge in [-0.05, 0) is 0 Å². The van der Waals surface area contributed by atoms with E-state index < -0.39 is 33.2 Å². The van der Waals surface area contributed by atoms with Crippen LogP contribution in [-0.2, 0) is 29.0 Å². The summed E-state index contributed by atoms with van der Waals surface area (Å²) >= 11 is -2.28. The molecule has 0 saturated heterocycles. The molecule has 25 heavy (non-hydrogen) atoms. The molecule has 3 aromatic rings. The molecule has 3 aromatic carbocycles. The van der Waals surface area contributed by atoms with Gasteiger partial charge >= 0.3 is 154 Å². The van der Waals surface area contributed by atoms with E-state index in [0.29, 0.717) is 15.9 Å². The van der Waals surface area contributed by atoms with Gasteiger partial charge in [0.05, 0.1) is 0 Å². The minimum atomic E-state index is -2.37. The molecule has 0 bridgehead atoms. The molecule has 133 valence electrons. The van der Waals surface area contributed by atoms with Crippen molar-refractivity contribution in [1.29, 1.82) is 0 Å². The van der Waals surface area contributed by atoms with Gasteiger partial charge in [0, 0.05) is 0 Å². The van der Waals surface area contributed by atoms with E-state index in [1.807, 2.05) is 54.6 Å². The van der Waals surface area contributed by atoms with Gasteiger partial charge < -0.3 is 0 Å². The molecule has 3 rings (SSSR count). The van der Waals surface area contributed by atoms with Crippen LogP contribution < -0.4 is 15.9 Å². The fourth-order valence-electron chi connectivity index (χ4n) is 2.15. The molecular weight excluding hydrogens is 464 g/mol. The topological polar surface area (TPSA) is 51.2 Å². The number of rotatable bonds is 6. The Kier molecular flexibility index (Phi) is 6.84. The van der Waals surface area contributed by atoms with Gasteiger partial charge in [0.15, 0.2) is 0 Å². The van der Waals surface area contributed by atoms with Crippen LogP contribution in [0.25, 0.3) is 0 Å². The van der Waals surface area contributed by atoms with Crippen LogP contribution in [0.4, 0.5) is 0 Å². The van der Waals surface area contributed by atoms with Crippen molar-refractivity contribution in [2.75, 3.05) is 0 Å². The number of benzene rings is 3. The van der Waals surface area contributed by atoms with E-state index in [2.05, 4.69) is 0 Å². The predicted molar refractivity (Wildman–Crippen MR) is 105 cm³/mol. The molecule has 0 radical (unpaired) electrons. The van der Waals surface area contributed by atoms with Crippen molar-refractivity contribution in [3.8, 4) is 0 Å². The molecule has 0 aliphatic rings. The summed E-state index contributed by atoms with van der Waals surface area (Å²) in [4.78, 5) is 0. The van der Waals surface area contributed by atoms with Crippen LogP contribution in [0.2, 0.25) is 0 Å². The first-order valence-corrected chi connectivity index (χ1v) is 18.2. The van der Waals surface area contributed by atoms with Crippen molar-refractivity contribution in [1.82, 2.24) is 0 Å². The van der Waals surface area contributed by atoms with Gasteiger partial charge in [0.25, 0.3) is 0 Å². The normalized spacial score (nSPS) is 15.1. The molecule has 0 heterocycles. The Morgan fingerprint density at radius 1 is 0.440 bits per heavy atom. The summed E-state index contributed by atoms with van der Waals surface area (Å²) in [5, 5.41) is 2.03. The molecule has 0 amide bonds. The van der Waals surface area contributed by atoms with E-state index in [1.165, 1.54) is 0 Å². The molecule has 0 saturated carbocycles. The van der Waals surface area contributed by atoms with Gasteiger partial charge in [-0.2, -0.15) is 0 Å². The second kappa shape index (κ2) is 9.10. The molecule has 0 aliphatic heterocycles. The second-order valence-corrected chi connectivity index (χ2v) is 27.0. The molecule has 0 aromatic heterocycles. The molecule has 0 aliphatic carbocycles. The first-order valence-electron chi connectivity index (χ1n) is 7.57. The maximum atomic E-state index is 13.3. The van der Waals surface area contributed by atoms with E-state index in [4.69, 9.17) is 0 Å². The zero-order valence-electron chi connectivity index (χ0n) is 13.2. The fourth-order valence-corrected chi connectivity index (χ4v) is 30.3. The molecule has 3 atom stereocenters. The molecule has 0 fully saturated rings. The average molecular weight is 482 g/mol. The minimum absolute atomic E-state index is 0.678. The Balaban J connectivity index is 2.04. The Morgan fingerprint density at radius 3 is 0.920 bits per heavy atom. The summed E-state index contributed by atoms with van der Waals surface area (Å²) in [6.07, 6.45) is 0. The van der Waals surface area contributed by atoms with E-state index in [0.717, 1.165) is 0 Å². The Hall–Kier alpha value is -0.988. The Bertz CT molecular complexity index is 780. The average Bonchev–Trinajstić information content (AvgIpc) is 2.70. The zero-order chi connectivity index (χ0) is 17.6. The van der Waals surface area contributed by atoms with Crippen molar-refractivity contribution in [3.63, 3.8) is 0 Å². The van der Waals surface area contributed by atoms with E-state index in [-0.39, 0.29) is 0 Å². The SMILES string of the molecule is O=[PH](c1ccccc1)[Pd]([PH](=O)c1ccccc1)[PH](=O)c1ccccc1. The standard InChI is InChI=1S/3C6H5OP.Pd/c3*7-8-6-4-2-1-3-5-6;/h3*1-5H;/q;;;-3/p+3. The summed E-state index contributed by atoms with van der Waals surface area (Å²) in [7, 11) is 0. The van der Waals surface area contributed by atoms with E-state index >= 15 is 0 Å². The molecule has 3 unspecified atom stereocenters.